The standard InChI is InChI=1S/C13H9.C9H7.C6H19Si3.2ClH.Zr/c1-3-7-12-10(5-1)9-11-6-2-4-8-13(11)12;1-2-5-9-7-3-6-8(9)4-1;1-8(2,3)7-9(4,5)6;;;/h1-5,7-8H,9H2;1-7H;7H,1-6H3;2*1H;/q;;;;;+2/p-2. The Morgan fingerprint density at radius 1 is 0.765 bits per heavy atom. The molecule has 6 heteroatoms. The summed E-state index contributed by atoms with van der Waals surface area (Å²) in [7, 11) is 13.9. The fraction of sp³-hybridized carbons (Fsp3) is 0.286. The summed E-state index contributed by atoms with van der Waals surface area (Å²) in [5.41, 5.74) is 8.27. The van der Waals surface area contributed by atoms with Gasteiger partial charge in [-0.3, -0.25) is 0 Å². The molecular formula is C28H35Cl2Si3Zr. The molecule has 0 aromatic heterocycles. The van der Waals surface area contributed by atoms with Crippen LogP contribution in [0.3, 0.4) is 0 Å². The number of allylic oxidation sites excluding steroid dienone is 1. The summed E-state index contributed by atoms with van der Waals surface area (Å²) in [6, 6.07) is 24.6. The zero-order chi connectivity index (χ0) is 24.5. The summed E-state index contributed by atoms with van der Waals surface area (Å²) < 4.78 is 1.57. The third-order valence-corrected chi connectivity index (χ3v) is 144. The van der Waals surface area contributed by atoms with Crippen LogP contribution in [0.2, 0.25) is 39.3 Å². The number of benzene rings is 3. The second kappa shape index (κ2) is 8.26. The Labute approximate surface area is 215 Å². The molecule has 3 aromatic rings. The van der Waals surface area contributed by atoms with Crippen molar-refractivity contribution < 1.29 is 15.6 Å². The van der Waals surface area contributed by atoms with Crippen LogP contribution < -0.4 is 3.27 Å². The van der Waals surface area contributed by atoms with Crippen molar-refractivity contribution in [2.45, 2.75) is 49.3 Å². The van der Waals surface area contributed by atoms with Crippen molar-refractivity contribution in [3.05, 3.63) is 95.1 Å². The number of hydrogen-bond acceptors (Lipinski definition) is 0. The molecule has 0 saturated heterocycles. The predicted molar refractivity (Wildman–Crippen MR) is 158 cm³/mol. The average molecular weight is 618 g/mol. The van der Waals surface area contributed by atoms with Crippen molar-refractivity contribution in [2.75, 3.05) is 0 Å². The van der Waals surface area contributed by atoms with E-state index in [2.05, 4.69) is 118 Å². The van der Waals surface area contributed by atoms with Gasteiger partial charge < -0.3 is 0 Å². The Balaban J connectivity index is 1.87. The third-order valence-electron chi connectivity index (χ3n) is 8.00. The molecule has 5 rings (SSSR count). The molecule has 0 N–H and O–H groups in total. The summed E-state index contributed by atoms with van der Waals surface area (Å²) in [5.74, 6) is 0. The molecule has 1 unspecified atom stereocenters. The maximum absolute atomic E-state index is 8.57. The SMILES string of the molecule is C[Si](C)(C)[SiH]([Si](C)(C)C)[Zr]([Cl])([Cl])([c]1cccc2c1Cc1ccccc1-2)[CH]1C=Cc2ccccc21. The van der Waals surface area contributed by atoms with Crippen LogP contribution in [-0.4, -0.2) is 20.1 Å². The quantitative estimate of drug-likeness (QED) is 0.198. The molecule has 0 amide bonds. The monoisotopic (exact) mass is 615 g/mol. The van der Waals surface area contributed by atoms with Crippen LogP contribution in [0.25, 0.3) is 17.2 Å². The molecule has 177 valence electrons. The second-order valence-corrected chi connectivity index (χ2v) is 81.9. The fourth-order valence-corrected chi connectivity index (χ4v) is 226. The van der Waals surface area contributed by atoms with Gasteiger partial charge in [0, 0.05) is 0 Å². The molecule has 0 heterocycles. The molecule has 0 nitrogen and oxygen atoms in total. The van der Waals surface area contributed by atoms with E-state index in [1.54, 1.807) is 0 Å². The molecule has 0 spiro atoms. The van der Waals surface area contributed by atoms with Crippen LogP contribution in [0, 0.1) is 0 Å². The van der Waals surface area contributed by atoms with Gasteiger partial charge in [-0.1, -0.05) is 0 Å². The van der Waals surface area contributed by atoms with Gasteiger partial charge in [0.1, 0.15) is 0 Å². The topological polar surface area (TPSA) is 0 Å². The zero-order valence-electron chi connectivity index (χ0n) is 21.1. The van der Waals surface area contributed by atoms with Crippen LogP contribution >= 0.6 is 17.0 Å². The molecule has 0 aliphatic heterocycles. The van der Waals surface area contributed by atoms with Gasteiger partial charge in [-0.15, -0.1) is 0 Å². The summed E-state index contributed by atoms with van der Waals surface area (Å²) in [6.07, 6.45) is 5.68. The second-order valence-electron chi connectivity index (χ2n) is 12.4. The van der Waals surface area contributed by atoms with Gasteiger partial charge in [-0.2, -0.15) is 0 Å². The van der Waals surface area contributed by atoms with Crippen molar-refractivity contribution in [2.24, 2.45) is 0 Å². The van der Waals surface area contributed by atoms with E-state index in [1.165, 1.54) is 36.7 Å². The Kier molecular flexibility index (Phi) is 6.12. The van der Waals surface area contributed by atoms with Crippen LogP contribution in [0.1, 0.15) is 25.9 Å². The predicted octanol–water partition coefficient (Wildman–Crippen LogP) is 8.21. The fourth-order valence-electron chi connectivity index (χ4n) is 7.71. The summed E-state index contributed by atoms with van der Waals surface area (Å²) in [4.78, 5) is -1.56. The van der Waals surface area contributed by atoms with Crippen molar-refractivity contribution in [3.8, 4) is 11.1 Å². The van der Waals surface area contributed by atoms with Gasteiger partial charge in [-0.05, 0) is 0 Å². The maximum atomic E-state index is 8.57. The van der Waals surface area contributed by atoms with Gasteiger partial charge in [0.2, 0.25) is 0 Å². The Morgan fingerprint density at radius 2 is 1.38 bits per heavy atom. The molecule has 0 fully saturated rings. The summed E-state index contributed by atoms with van der Waals surface area (Å²) >= 11 is -4.71. The van der Waals surface area contributed by atoms with Gasteiger partial charge >= 0.3 is 218 Å². The van der Waals surface area contributed by atoms with Crippen LogP contribution in [0.15, 0.2) is 72.8 Å². The first-order chi connectivity index (χ1) is 15.8. The third kappa shape index (κ3) is 3.75. The van der Waals surface area contributed by atoms with Gasteiger partial charge in [0.05, 0.1) is 0 Å². The van der Waals surface area contributed by atoms with E-state index < -0.39 is 35.7 Å². The van der Waals surface area contributed by atoms with Crippen molar-refractivity contribution >= 4 is 46.5 Å². The van der Waals surface area contributed by atoms with E-state index >= 15 is 0 Å². The minimum atomic E-state index is -4.71. The first-order valence-electron chi connectivity index (χ1n) is 12.4. The number of rotatable bonds is 5. The molecule has 2 aliphatic rings. The number of halogens is 2. The molecular weight excluding hydrogens is 583 g/mol. The number of hydrogen-bond donors (Lipinski definition) is 0. The Bertz CT molecular complexity index is 1300. The zero-order valence-corrected chi connectivity index (χ0v) is 28.2. The van der Waals surface area contributed by atoms with Crippen molar-refractivity contribution in [3.63, 3.8) is 0 Å². The number of fused-ring (bicyclic) bond motifs is 4. The summed E-state index contributed by atoms with van der Waals surface area (Å²) in [5, 5.41) is 0. The minimum absolute atomic E-state index is 0.173. The molecule has 2 aliphatic carbocycles. The normalized spacial score (nSPS) is 18.4. The van der Waals surface area contributed by atoms with Crippen molar-refractivity contribution in [1.82, 2.24) is 0 Å². The van der Waals surface area contributed by atoms with E-state index in [0.29, 0.717) is 0 Å². The molecule has 0 bridgehead atoms. The Morgan fingerprint density at radius 3 is 2.09 bits per heavy atom. The average Bonchev–Trinajstić information content (AvgIpc) is 3.33. The van der Waals surface area contributed by atoms with E-state index in [9.17, 15) is 0 Å². The molecule has 34 heavy (non-hydrogen) atoms. The first-order valence-corrected chi connectivity index (χ1v) is 36.8. The summed E-state index contributed by atoms with van der Waals surface area (Å²) in [6.45, 7) is 15.4. The molecule has 3 aromatic carbocycles. The van der Waals surface area contributed by atoms with E-state index in [0.717, 1.165) is 6.42 Å². The first kappa shape index (κ1) is 25.2. The molecule has 0 saturated carbocycles. The van der Waals surface area contributed by atoms with E-state index in [-0.39, 0.29) is 3.63 Å². The van der Waals surface area contributed by atoms with Gasteiger partial charge in [-0.25, -0.2) is 0 Å². The van der Waals surface area contributed by atoms with Crippen LogP contribution in [0.4, 0.5) is 0 Å². The van der Waals surface area contributed by atoms with Crippen LogP contribution in [0.5, 0.6) is 0 Å². The van der Waals surface area contributed by atoms with E-state index in [1.807, 2.05) is 0 Å². The molecule has 0 radical (unpaired) electrons. The van der Waals surface area contributed by atoms with E-state index in [4.69, 9.17) is 17.0 Å². The van der Waals surface area contributed by atoms with Gasteiger partial charge in [0.25, 0.3) is 0 Å². The van der Waals surface area contributed by atoms with Gasteiger partial charge in [0.15, 0.2) is 0 Å². The van der Waals surface area contributed by atoms with Crippen LogP contribution in [-0.2, 0) is 22.0 Å². The van der Waals surface area contributed by atoms with Crippen molar-refractivity contribution in [1.29, 1.82) is 0 Å². The molecule has 1 atom stereocenters. The Hall–Kier alpha value is -0.486.